The summed E-state index contributed by atoms with van der Waals surface area (Å²) in [6.45, 7) is 4.80. The summed E-state index contributed by atoms with van der Waals surface area (Å²) >= 11 is 5.83. The molecule has 0 atom stereocenters. The minimum absolute atomic E-state index is 0.132. The fourth-order valence-corrected chi connectivity index (χ4v) is 1.46. The van der Waals surface area contributed by atoms with E-state index in [1.807, 2.05) is 6.92 Å². The fraction of sp³-hybridized carbons (Fsp3) is 0.417. The van der Waals surface area contributed by atoms with Crippen LogP contribution in [0.1, 0.15) is 25.8 Å². The Morgan fingerprint density at radius 3 is 2.67 bits per heavy atom. The van der Waals surface area contributed by atoms with E-state index in [-0.39, 0.29) is 11.6 Å². The van der Waals surface area contributed by atoms with Gasteiger partial charge in [0.15, 0.2) is 5.15 Å². The summed E-state index contributed by atoms with van der Waals surface area (Å²) < 4.78 is 0. The van der Waals surface area contributed by atoms with Gasteiger partial charge in [-0.15, -0.1) is 0 Å². The number of nitrogens with zero attached hydrogens (tertiary/aromatic N) is 1. The van der Waals surface area contributed by atoms with Gasteiger partial charge in [0.1, 0.15) is 0 Å². The van der Waals surface area contributed by atoms with E-state index >= 15 is 0 Å². The van der Waals surface area contributed by atoms with Gasteiger partial charge < -0.3 is 10.4 Å². The summed E-state index contributed by atoms with van der Waals surface area (Å²) in [4.78, 5) is 26.5. The molecule has 0 aliphatic rings. The number of carbonyl (C=O) groups is 2. The summed E-state index contributed by atoms with van der Waals surface area (Å²) in [5.41, 5.74) is 0.128. The van der Waals surface area contributed by atoms with Crippen LogP contribution in [0.25, 0.3) is 0 Å². The first-order valence-electron chi connectivity index (χ1n) is 5.38. The van der Waals surface area contributed by atoms with Crippen molar-refractivity contribution in [3.63, 3.8) is 0 Å². The van der Waals surface area contributed by atoms with Crippen molar-refractivity contribution >= 4 is 29.2 Å². The monoisotopic (exact) mass is 270 g/mol. The predicted molar refractivity (Wildman–Crippen MR) is 68.6 cm³/mol. The van der Waals surface area contributed by atoms with E-state index in [9.17, 15) is 9.59 Å². The van der Waals surface area contributed by atoms with Crippen LogP contribution in [0.2, 0.25) is 5.15 Å². The second-order valence-electron chi connectivity index (χ2n) is 4.77. The van der Waals surface area contributed by atoms with Crippen LogP contribution >= 0.6 is 11.6 Å². The van der Waals surface area contributed by atoms with Crippen molar-refractivity contribution in [2.24, 2.45) is 5.41 Å². The average molecular weight is 271 g/mol. The molecule has 98 valence electrons. The molecule has 0 saturated heterocycles. The van der Waals surface area contributed by atoms with E-state index in [4.69, 9.17) is 16.7 Å². The number of carboxylic acids is 1. The fourth-order valence-electron chi connectivity index (χ4n) is 1.31. The first-order chi connectivity index (χ1) is 8.22. The topological polar surface area (TPSA) is 79.3 Å². The number of aryl methyl sites for hydroxylation is 1. The number of aromatic nitrogens is 1. The number of halogens is 1. The minimum Gasteiger partial charge on any atom is -0.481 e. The Hall–Kier alpha value is -1.62. The van der Waals surface area contributed by atoms with Gasteiger partial charge in [0.05, 0.1) is 11.1 Å². The Labute approximate surface area is 110 Å². The third-order valence-corrected chi connectivity index (χ3v) is 2.73. The number of pyridine rings is 1. The van der Waals surface area contributed by atoms with Crippen molar-refractivity contribution in [3.8, 4) is 0 Å². The van der Waals surface area contributed by atoms with Gasteiger partial charge in [0.2, 0.25) is 5.91 Å². The quantitative estimate of drug-likeness (QED) is 0.824. The molecule has 5 nitrogen and oxygen atoms in total. The Bertz CT molecular complexity index is 486. The number of aliphatic carboxylic acids is 1. The lowest BCUT2D eigenvalue weighted by molar-refractivity contribution is -0.148. The number of amides is 1. The van der Waals surface area contributed by atoms with Crippen molar-refractivity contribution in [2.45, 2.75) is 27.2 Å². The van der Waals surface area contributed by atoms with E-state index in [0.717, 1.165) is 5.56 Å². The van der Waals surface area contributed by atoms with Crippen molar-refractivity contribution in [2.75, 3.05) is 5.32 Å². The molecule has 1 aromatic heterocycles. The van der Waals surface area contributed by atoms with E-state index in [1.54, 1.807) is 12.3 Å². The maximum atomic E-state index is 11.7. The average Bonchev–Trinajstić information content (AvgIpc) is 2.22. The Morgan fingerprint density at radius 2 is 2.11 bits per heavy atom. The Balaban J connectivity index is 2.77. The third-order valence-electron chi connectivity index (χ3n) is 2.43. The van der Waals surface area contributed by atoms with Crippen LogP contribution in [0.4, 0.5) is 5.69 Å². The second kappa shape index (κ2) is 5.35. The predicted octanol–water partition coefficient (Wildman–Crippen LogP) is 2.48. The highest BCUT2D eigenvalue weighted by Crippen LogP contribution is 2.24. The number of rotatable bonds is 4. The second-order valence-corrected chi connectivity index (χ2v) is 5.12. The number of nitrogens with one attached hydrogen (secondary N) is 1. The lowest BCUT2D eigenvalue weighted by atomic mass is 9.89. The van der Waals surface area contributed by atoms with Crippen molar-refractivity contribution in [3.05, 3.63) is 23.0 Å². The van der Waals surface area contributed by atoms with E-state index in [0.29, 0.717) is 5.69 Å². The summed E-state index contributed by atoms with van der Waals surface area (Å²) in [6, 6.07) is 1.68. The molecule has 1 amide bonds. The van der Waals surface area contributed by atoms with Gasteiger partial charge in [-0.3, -0.25) is 9.59 Å². The molecule has 0 aliphatic heterocycles. The number of hydrogen-bond donors (Lipinski definition) is 2. The molecule has 1 rings (SSSR count). The van der Waals surface area contributed by atoms with Gasteiger partial charge in [-0.25, -0.2) is 4.98 Å². The molecule has 0 saturated carbocycles. The Morgan fingerprint density at radius 1 is 1.50 bits per heavy atom. The lowest BCUT2D eigenvalue weighted by Gasteiger charge is -2.18. The van der Waals surface area contributed by atoms with Gasteiger partial charge >= 0.3 is 5.97 Å². The first kappa shape index (κ1) is 14.4. The molecule has 1 aromatic rings. The van der Waals surface area contributed by atoms with Crippen molar-refractivity contribution in [1.29, 1.82) is 0 Å². The zero-order valence-corrected chi connectivity index (χ0v) is 11.2. The van der Waals surface area contributed by atoms with Gasteiger partial charge in [-0.2, -0.15) is 0 Å². The molecule has 0 fully saturated rings. The van der Waals surface area contributed by atoms with Gasteiger partial charge in [0, 0.05) is 12.6 Å². The minimum atomic E-state index is -1.12. The highest BCUT2D eigenvalue weighted by molar-refractivity contribution is 6.32. The molecule has 18 heavy (non-hydrogen) atoms. The van der Waals surface area contributed by atoms with Crippen molar-refractivity contribution < 1.29 is 14.7 Å². The molecule has 6 heteroatoms. The van der Waals surface area contributed by atoms with E-state index < -0.39 is 17.3 Å². The number of carboxylic acid groups (broad SMARTS) is 1. The summed E-state index contributed by atoms with van der Waals surface area (Å²) in [5, 5.41) is 11.7. The normalized spacial score (nSPS) is 11.1. The molecule has 0 spiro atoms. The van der Waals surface area contributed by atoms with Crippen LogP contribution < -0.4 is 5.32 Å². The molecule has 0 radical (unpaired) electrons. The third kappa shape index (κ3) is 3.70. The molecule has 2 N–H and O–H groups in total. The summed E-state index contributed by atoms with van der Waals surface area (Å²) in [5.74, 6) is -1.43. The highest BCUT2D eigenvalue weighted by Gasteiger charge is 2.30. The Kier molecular flexibility index (Phi) is 4.29. The van der Waals surface area contributed by atoms with E-state index in [2.05, 4.69) is 10.3 Å². The van der Waals surface area contributed by atoms with Gasteiger partial charge in [-0.05, 0) is 32.4 Å². The van der Waals surface area contributed by atoms with Crippen molar-refractivity contribution in [1.82, 2.24) is 4.98 Å². The van der Waals surface area contributed by atoms with Crippen LogP contribution in [0.3, 0.4) is 0 Å². The standard InChI is InChI=1S/C12H15ClN2O3/c1-7-4-8(10(13)14-6-7)15-9(16)5-12(2,3)11(17)18/h4,6H,5H2,1-3H3,(H,15,16)(H,17,18). The maximum Gasteiger partial charge on any atom is 0.309 e. The first-order valence-corrected chi connectivity index (χ1v) is 5.75. The van der Waals surface area contributed by atoms with Crippen LogP contribution in [-0.4, -0.2) is 22.0 Å². The van der Waals surface area contributed by atoms with Crippen LogP contribution in [0, 0.1) is 12.3 Å². The summed E-state index contributed by atoms with van der Waals surface area (Å²) in [7, 11) is 0. The lowest BCUT2D eigenvalue weighted by Crippen LogP contribution is -2.29. The van der Waals surface area contributed by atoms with Crippen LogP contribution in [0.5, 0.6) is 0 Å². The van der Waals surface area contributed by atoms with Gasteiger partial charge in [0.25, 0.3) is 0 Å². The van der Waals surface area contributed by atoms with Crippen LogP contribution in [0.15, 0.2) is 12.3 Å². The van der Waals surface area contributed by atoms with Crippen LogP contribution in [-0.2, 0) is 9.59 Å². The number of carbonyl (C=O) groups excluding carboxylic acids is 1. The molecular weight excluding hydrogens is 256 g/mol. The molecule has 0 aliphatic carbocycles. The highest BCUT2D eigenvalue weighted by atomic mass is 35.5. The number of anilines is 1. The zero-order chi connectivity index (χ0) is 13.9. The van der Waals surface area contributed by atoms with Gasteiger partial charge in [-0.1, -0.05) is 11.6 Å². The summed E-state index contributed by atoms with van der Waals surface area (Å²) in [6.07, 6.45) is 1.45. The largest absolute Gasteiger partial charge is 0.481 e. The molecule has 1 heterocycles. The zero-order valence-electron chi connectivity index (χ0n) is 10.5. The molecular formula is C12H15ClN2O3. The molecule has 0 unspecified atom stereocenters. The molecule has 0 aromatic carbocycles. The SMILES string of the molecule is Cc1cnc(Cl)c(NC(=O)CC(C)(C)C(=O)O)c1. The van der Waals surface area contributed by atoms with E-state index in [1.165, 1.54) is 13.8 Å². The molecule has 0 bridgehead atoms. The smallest absolute Gasteiger partial charge is 0.309 e. The maximum absolute atomic E-state index is 11.7. The number of hydrogen-bond acceptors (Lipinski definition) is 3.